The molecule has 1 amide bonds. The van der Waals surface area contributed by atoms with E-state index in [0.717, 1.165) is 11.6 Å². The van der Waals surface area contributed by atoms with Gasteiger partial charge in [0.2, 0.25) is 11.8 Å². The van der Waals surface area contributed by atoms with Crippen LogP contribution in [0.3, 0.4) is 0 Å². The number of nitrogens with zero attached hydrogens (tertiary/aromatic N) is 3. The van der Waals surface area contributed by atoms with Crippen LogP contribution in [0.1, 0.15) is 15.9 Å². The molecule has 29 heavy (non-hydrogen) atoms. The molecule has 0 aliphatic heterocycles. The van der Waals surface area contributed by atoms with Gasteiger partial charge in [0.1, 0.15) is 0 Å². The lowest BCUT2D eigenvalue weighted by Crippen LogP contribution is -2.29. The van der Waals surface area contributed by atoms with E-state index in [9.17, 15) is 9.18 Å². The molecule has 0 saturated heterocycles. The van der Waals surface area contributed by atoms with Crippen LogP contribution in [0.4, 0.5) is 10.1 Å². The molecule has 9 heteroatoms. The lowest BCUT2D eigenvalue weighted by atomic mass is 10.0. The monoisotopic (exact) mass is 393 g/mol. The average molecular weight is 393 g/mol. The van der Waals surface area contributed by atoms with Gasteiger partial charge in [-0.1, -0.05) is 12.1 Å². The molecule has 2 aromatic heterocycles. The Kier molecular flexibility index (Phi) is 5.85. The van der Waals surface area contributed by atoms with Crippen LogP contribution in [0, 0.1) is 17.1 Å². The number of carbonyl (C=O) groups excluding carboxylic acids is 1. The summed E-state index contributed by atoms with van der Waals surface area (Å²) in [5.74, 6) is -0.971. The first-order valence-electron chi connectivity index (χ1n) is 8.36. The number of carbonyl (C=O) groups is 1. The van der Waals surface area contributed by atoms with Crippen LogP contribution in [-0.4, -0.2) is 30.1 Å². The number of hydrogen-bond acceptors (Lipinski definition) is 7. The number of ether oxygens (including phenoxy) is 2. The number of nitrogens with one attached hydrogen (secondary N) is 2. The van der Waals surface area contributed by atoms with Gasteiger partial charge in [0.15, 0.2) is 5.82 Å². The first-order valence-corrected chi connectivity index (χ1v) is 8.36. The second kappa shape index (κ2) is 8.67. The Hall–Kier alpha value is -4.19. The molecule has 3 aromatic rings. The van der Waals surface area contributed by atoms with Gasteiger partial charge in [0.05, 0.1) is 43.3 Å². The molecular weight excluding hydrogens is 377 g/mol. The number of halogens is 1. The minimum absolute atomic E-state index is 0.145. The molecule has 0 fully saturated rings. The van der Waals surface area contributed by atoms with E-state index in [1.54, 1.807) is 30.3 Å². The Morgan fingerprint density at radius 1 is 1.07 bits per heavy atom. The van der Waals surface area contributed by atoms with E-state index < -0.39 is 11.7 Å². The summed E-state index contributed by atoms with van der Waals surface area (Å²) in [4.78, 5) is 20.4. The molecule has 0 aliphatic rings. The second-order valence-electron chi connectivity index (χ2n) is 5.76. The van der Waals surface area contributed by atoms with Gasteiger partial charge in [0, 0.05) is 17.8 Å². The Morgan fingerprint density at radius 3 is 2.38 bits per heavy atom. The zero-order valence-electron chi connectivity index (χ0n) is 15.6. The maximum Gasteiger partial charge on any atom is 0.271 e. The molecule has 0 unspecified atom stereocenters. The first-order chi connectivity index (χ1) is 14.0. The molecule has 146 valence electrons. The van der Waals surface area contributed by atoms with Gasteiger partial charge in [-0.3, -0.25) is 15.6 Å². The molecule has 1 aromatic carbocycles. The van der Waals surface area contributed by atoms with Gasteiger partial charge >= 0.3 is 0 Å². The highest BCUT2D eigenvalue weighted by Gasteiger charge is 2.14. The van der Waals surface area contributed by atoms with E-state index in [0.29, 0.717) is 17.0 Å². The molecular formula is C20H16FN5O3. The zero-order valence-corrected chi connectivity index (χ0v) is 15.6. The fourth-order valence-corrected chi connectivity index (χ4v) is 2.52. The largest absolute Gasteiger partial charge is 0.481 e. The van der Waals surface area contributed by atoms with E-state index >= 15 is 0 Å². The smallest absolute Gasteiger partial charge is 0.271 e. The summed E-state index contributed by atoms with van der Waals surface area (Å²) >= 11 is 0. The van der Waals surface area contributed by atoms with Crippen LogP contribution in [0.2, 0.25) is 0 Å². The topological polar surface area (TPSA) is 109 Å². The molecule has 0 spiro atoms. The van der Waals surface area contributed by atoms with Gasteiger partial charge in [-0.05, 0) is 23.8 Å². The fourth-order valence-electron chi connectivity index (χ4n) is 2.52. The van der Waals surface area contributed by atoms with Crippen molar-refractivity contribution in [2.75, 3.05) is 19.6 Å². The van der Waals surface area contributed by atoms with Crippen molar-refractivity contribution in [1.29, 1.82) is 5.26 Å². The summed E-state index contributed by atoms with van der Waals surface area (Å²) in [7, 11) is 2.78. The third kappa shape index (κ3) is 4.39. The molecule has 3 rings (SSSR count). The second-order valence-corrected chi connectivity index (χ2v) is 5.76. The van der Waals surface area contributed by atoms with Crippen molar-refractivity contribution in [3.8, 4) is 29.0 Å². The summed E-state index contributed by atoms with van der Waals surface area (Å²) in [6.07, 6.45) is 2.67. The molecule has 0 radical (unpaired) electrons. The van der Waals surface area contributed by atoms with Gasteiger partial charge in [-0.25, -0.2) is 14.4 Å². The quantitative estimate of drug-likeness (QED) is 0.620. The van der Waals surface area contributed by atoms with E-state index in [-0.39, 0.29) is 17.1 Å². The highest BCUT2D eigenvalue weighted by atomic mass is 19.1. The molecule has 0 bridgehead atoms. The minimum atomic E-state index is -0.666. The predicted octanol–water partition coefficient (Wildman–Crippen LogP) is 2.93. The van der Waals surface area contributed by atoms with Crippen LogP contribution >= 0.6 is 0 Å². The standard InChI is InChI=1S/C20H16FN5O3/c1-28-19-16(13-5-3-12(9-22)4-6-13)7-14(10-23-19)18(27)26-25-15-8-17(21)20(29-2)24-11-15/h3-8,10-11,25H,1-2H3,(H,26,27). The summed E-state index contributed by atoms with van der Waals surface area (Å²) in [5, 5.41) is 8.93. The van der Waals surface area contributed by atoms with E-state index in [2.05, 4.69) is 20.8 Å². The highest BCUT2D eigenvalue weighted by molar-refractivity contribution is 5.96. The molecule has 2 heterocycles. The summed E-state index contributed by atoms with van der Waals surface area (Å²) in [6, 6.07) is 11.6. The number of benzene rings is 1. The first kappa shape index (κ1) is 19.6. The highest BCUT2D eigenvalue weighted by Crippen LogP contribution is 2.29. The van der Waals surface area contributed by atoms with Gasteiger partial charge in [-0.15, -0.1) is 0 Å². The SMILES string of the molecule is COc1ncc(NNC(=O)c2cnc(OC)c(-c3ccc(C#N)cc3)c2)cc1F. The third-order valence-corrected chi connectivity index (χ3v) is 3.95. The van der Waals surface area contributed by atoms with Crippen molar-refractivity contribution in [1.82, 2.24) is 15.4 Å². The number of methoxy groups -OCH3 is 2. The van der Waals surface area contributed by atoms with Crippen molar-refractivity contribution in [2.24, 2.45) is 0 Å². The fraction of sp³-hybridized carbons (Fsp3) is 0.100. The normalized spacial score (nSPS) is 10.0. The molecule has 0 atom stereocenters. The molecule has 2 N–H and O–H groups in total. The lowest BCUT2D eigenvalue weighted by molar-refractivity contribution is 0.0962. The van der Waals surface area contributed by atoms with Gasteiger partial charge in [0.25, 0.3) is 5.91 Å². The number of aromatic nitrogens is 2. The maximum atomic E-state index is 13.7. The maximum absolute atomic E-state index is 13.7. The Balaban J connectivity index is 1.80. The summed E-state index contributed by atoms with van der Waals surface area (Å²) in [5.41, 5.74) is 7.36. The molecule has 8 nitrogen and oxygen atoms in total. The number of hydrogen-bond donors (Lipinski definition) is 2. The predicted molar refractivity (Wildman–Crippen MR) is 103 cm³/mol. The number of anilines is 1. The Morgan fingerprint density at radius 2 is 1.76 bits per heavy atom. The summed E-state index contributed by atoms with van der Waals surface area (Å²) < 4.78 is 23.7. The van der Waals surface area contributed by atoms with Gasteiger partial charge in [-0.2, -0.15) is 5.26 Å². The van der Waals surface area contributed by atoms with Crippen molar-refractivity contribution < 1.29 is 18.7 Å². The third-order valence-electron chi connectivity index (χ3n) is 3.95. The number of rotatable bonds is 6. The van der Waals surface area contributed by atoms with Crippen LogP contribution in [0.5, 0.6) is 11.8 Å². The van der Waals surface area contributed by atoms with Crippen molar-refractivity contribution in [3.63, 3.8) is 0 Å². The van der Waals surface area contributed by atoms with E-state index in [4.69, 9.17) is 14.7 Å². The molecule has 0 saturated carbocycles. The van der Waals surface area contributed by atoms with E-state index in [1.807, 2.05) is 6.07 Å². The average Bonchev–Trinajstić information content (AvgIpc) is 2.77. The zero-order chi connectivity index (χ0) is 20.8. The number of amides is 1. The Labute approximate surface area is 165 Å². The number of nitriles is 1. The summed E-state index contributed by atoms with van der Waals surface area (Å²) in [6.45, 7) is 0. The van der Waals surface area contributed by atoms with Crippen molar-refractivity contribution in [3.05, 3.63) is 65.7 Å². The van der Waals surface area contributed by atoms with Crippen molar-refractivity contribution >= 4 is 11.6 Å². The van der Waals surface area contributed by atoms with Crippen LogP contribution in [-0.2, 0) is 0 Å². The van der Waals surface area contributed by atoms with Crippen LogP contribution in [0.25, 0.3) is 11.1 Å². The van der Waals surface area contributed by atoms with Crippen LogP contribution < -0.4 is 20.3 Å². The van der Waals surface area contributed by atoms with Crippen molar-refractivity contribution in [2.45, 2.75) is 0 Å². The Bertz CT molecular complexity index is 1080. The van der Waals surface area contributed by atoms with Gasteiger partial charge < -0.3 is 9.47 Å². The van der Waals surface area contributed by atoms with E-state index in [1.165, 1.54) is 26.6 Å². The van der Waals surface area contributed by atoms with Crippen LogP contribution in [0.15, 0.2) is 48.8 Å². The minimum Gasteiger partial charge on any atom is -0.481 e. The number of hydrazine groups is 1. The lowest BCUT2D eigenvalue weighted by Gasteiger charge is -2.12. The molecule has 0 aliphatic carbocycles. The number of pyridine rings is 2.